The Bertz CT molecular complexity index is 885. The van der Waals surface area contributed by atoms with Gasteiger partial charge in [0.15, 0.2) is 23.1 Å². The van der Waals surface area contributed by atoms with E-state index in [0.717, 1.165) is 19.1 Å². The second-order valence-corrected chi connectivity index (χ2v) is 6.50. The van der Waals surface area contributed by atoms with Crippen LogP contribution in [0.4, 0.5) is 28.2 Å². The molecule has 0 aliphatic rings. The average molecular weight is 388 g/mol. The van der Waals surface area contributed by atoms with E-state index < -0.39 is 46.5 Å². The second-order valence-electron chi connectivity index (χ2n) is 6.50. The van der Waals surface area contributed by atoms with Gasteiger partial charge in [-0.15, -0.1) is 0 Å². The molecular weight excluding hydrogens is 372 g/mol. The van der Waals surface area contributed by atoms with Crippen molar-refractivity contribution in [2.24, 2.45) is 0 Å². The van der Waals surface area contributed by atoms with Crippen molar-refractivity contribution < 1.29 is 31.9 Å². The second kappa shape index (κ2) is 6.97. The van der Waals surface area contributed by atoms with Crippen molar-refractivity contribution in [3.05, 3.63) is 35.4 Å². The number of nitrogens with zero attached hydrogens (tertiary/aromatic N) is 3. The van der Waals surface area contributed by atoms with Crippen LogP contribution in [0.3, 0.4) is 0 Å². The highest BCUT2D eigenvalue weighted by atomic mass is 19.4. The predicted octanol–water partition coefficient (Wildman–Crippen LogP) is 3.97. The zero-order valence-corrected chi connectivity index (χ0v) is 14.8. The molecule has 7 nitrogen and oxygen atoms in total. The van der Waals surface area contributed by atoms with Gasteiger partial charge in [-0.1, -0.05) is 0 Å². The fourth-order valence-electron chi connectivity index (χ4n) is 2.10. The molecule has 0 bridgehead atoms. The molecule has 2 heterocycles. The Balaban J connectivity index is 2.49. The van der Waals surface area contributed by atoms with Crippen LogP contribution in [0.25, 0.3) is 5.82 Å². The minimum Gasteiger partial charge on any atom is -0.444 e. The molecule has 0 saturated carbocycles. The molecule has 1 amide bonds. The van der Waals surface area contributed by atoms with E-state index in [9.17, 15) is 27.2 Å². The number of pyridine rings is 1. The Hall–Kier alpha value is -2.98. The van der Waals surface area contributed by atoms with Gasteiger partial charge < -0.3 is 4.74 Å². The van der Waals surface area contributed by atoms with Gasteiger partial charge in [-0.25, -0.2) is 18.9 Å². The van der Waals surface area contributed by atoms with Crippen molar-refractivity contribution in [1.82, 2.24) is 14.8 Å². The molecule has 2 aromatic heterocycles. The first kappa shape index (κ1) is 20.3. The normalized spacial score (nSPS) is 12.0. The van der Waals surface area contributed by atoms with Crippen LogP contribution in [0.2, 0.25) is 0 Å². The van der Waals surface area contributed by atoms with Gasteiger partial charge in [0.1, 0.15) is 11.4 Å². The molecule has 0 fully saturated rings. The fourth-order valence-corrected chi connectivity index (χ4v) is 2.10. The Morgan fingerprint density at radius 2 is 1.81 bits per heavy atom. The smallest absolute Gasteiger partial charge is 0.434 e. The first-order chi connectivity index (χ1) is 12.3. The lowest BCUT2D eigenvalue weighted by molar-refractivity contribution is -0.143. The lowest BCUT2D eigenvalue weighted by Gasteiger charge is -2.19. The largest absolute Gasteiger partial charge is 0.444 e. The molecule has 0 saturated heterocycles. The summed E-state index contributed by atoms with van der Waals surface area (Å²) in [4.78, 5) is 26.9. The van der Waals surface area contributed by atoms with E-state index in [1.165, 1.54) is 0 Å². The summed E-state index contributed by atoms with van der Waals surface area (Å²) in [5.74, 6) is -3.11. The van der Waals surface area contributed by atoms with E-state index in [0.29, 0.717) is 6.20 Å². The molecule has 0 radical (unpaired) electrons. The number of hydrogen-bond donors (Lipinski definition) is 1. The van der Waals surface area contributed by atoms with Crippen molar-refractivity contribution in [3.63, 3.8) is 0 Å². The number of anilines is 1. The number of carbonyl (C=O) groups excluding carboxylic acids is 2. The van der Waals surface area contributed by atoms with Gasteiger partial charge in [0.05, 0.1) is 11.8 Å². The summed E-state index contributed by atoms with van der Waals surface area (Å²) in [7, 11) is 0. The van der Waals surface area contributed by atoms with Crippen LogP contribution in [0.5, 0.6) is 0 Å². The van der Waals surface area contributed by atoms with Crippen LogP contribution in [-0.2, 0) is 10.9 Å². The number of rotatable bonds is 3. The van der Waals surface area contributed by atoms with E-state index in [-0.39, 0.29) is 10.5 Å². The average Bonchev–Trinajstić information content (AvgIpc) is 2.92. The highest BCUT2D eigenvalue weighted by molar-refractivity contribution is 5.95. The van der Waals surface area contributed by atoms with Crippen LogP contribution in [0.15, 0.2) is 18.3 Å². The molecule has 1 N–H and O–H groups in total. The number of ketones is 1. The van der Waals surface area contributed by atoms with E-state index in [4.69, 9.17) is 4.74 Å². The summed E-state index contributed by atoms with van der Waals surface area (Å²) < 4.78 is 59.4. The lowest BCUT2D eigenvalue weighted by atomic mass is 10.2. The SMILES string of the molecule is CC(=O)c1cnn(-c2nc(NC(=O)OC(C)(C)C)ccc2F)c1C(F)(F)F. The minimum absolute atomic E-state index is 0.173. The summed E-state index contributed by atoms with van der Waals surface area (Å²) in [6.07, 6.45) is -5.23. The van der Waals surface area contributed by atoms with Gasteiger partial charge >= 0.3 is 12.3 Å². The lowest BCUT2D eigenvalue weighted by Crippen LogP contribution is -2.27. The number of carbonyl (C=O) groups is 2. The van der Waals surface area contributed by atoms with Crippen molar-refractivity contribution in [1.29, 1.82) is 0 Å². The molecule has 0 aliphatic carbocycles. The summed E-state index contributed by atoms with van der Waals surface area (Å²) in [6, 6.07) is 1.86. The van der Waals surface area contributed by atoms with E-state index >= 15 is 0 Å². The molecule has 27 heavy (non-hydrogen) atoms. The molecule has 0 spiro atoms. The first-order valence-electron chi connectivity index (χ1n) is 7.62. The zero-order chi connectivity index (χ0) is 20.6. The quantitative estimate of drug-likeness (QED) is 0.635. The van der Waals surface area contributed by atoms with Gasteiger partial charge in [-0.05, 0) is 39.8 Å². The molecule has 0 aliphatic heterocycles. The van der Waals surface area contributed by atoms with Crippen LogP contribution in [-0.4, -0.2) is 32.2 Å². The van der Waals surface area contributed by atoms with Crippen LogP contribution < -0.4 is 5.32 Å². The maximum atomic E-state index is 14.1. The maximum absolute atomic E-state index is 14.1. The van der Waals surface area contributed by atoms with Gasteiger partial charge in [0.25, 0.3) is 0 Å². The summed E-state index contributed by atoms with van der Waals surface area (Å²) in [6.45, 7) is 5.76. The van der Waals surface area contributed by atoms with Crippen LogP contribution in [0, 0.1) is 5.82 Å². The Labute approximate surface area is 151 Å². The summed E-state index contributed by atoms with van der Waals surface area (Å²) >= 11 is 0. The third-order valence-corrected chi connectivity index (χ3v) is 3.07. The number of hydrogen-bond acceptors (Lipinski definition) is 5. The molecule has 11 heteroatoms. The van der Waals surface area contributed by atoms with Gasteiger partial charge in [0.2, 0.25) is 0 Å². The molecule has 0 unspecified atom stereocenters. The van der Waals surface area contributed by atoms with Crippen molar-refractivity contribution in [3.8, 4) is 5.82 Å². The van der Waals surface area contributed by atoms with Crippen molar-refractivity contribution in [2.45, 2.75) is 39.5 Å². The number of nitrogens with one attached hydrogen (secondary N) is 1. The number of halogens is 4. The monoisotopic (exact) mass is 388 g/mol. The standard InChI is InChI=1S/C16H16F4N4O3/c1-8(25)9-7-21-24(12(9)16(18,19)20)13-10(17)5-6-11(22-13)23-14(26)27-15(2,3)4/h5-7H,1-4H3,(H,22,23,26). The molecular formula is C16H16F4N4O3. The highest BCUT2D eigenvalue weighted by Gasteiger charge is 2.40. The molecule has 2 rings (SSSR count). The Morgan fingerprint density at radius 3 is 2.33 bits per heavy atom. The summed E-state index contributed by atoms with van der Waals surface area (Å²) in [5.41, 5.74) is -3.01. The van der Waals surface area contributed by atoms with Gasteiger partial charge in [-0.2, -0.15) is 18.3 Å². The molecule has 0 aromatic carbocycles. The third-order valence-electron chi connectivity index (χ3n) is 3.07. The molecule has 146 valence electrons. The minimum atomic E-state index is -4.99. The predicted molar refractivity (Wildman–Crippen MR) is 86.2 cm³/mol. The molecule has 2 aromatic rings. The van der Waals surface area contributed by atoms with Crippen molar-refractivity contribution >= 4 is 17.7 Å². The van der Waals surface area contributed by atoms with E-state index in [1.54, 1.807) is 20.8 Å². The fraction of sp³-hybridized carbons (Fsp3) is 0.375. The highest BCUT2D eigenvalue weighted by Crippen LogP contribution is 2.34. The number of ether oxygens (including phenoxy) is 1. The summed E-state index contributed by atoms with van der Waals surface area (Å²) in [5, 5.41) is 5.64. The van der Waals surface area contributed by atoms with Crippen LogP contribution >= 0.6 is 0 Å². The van der Waals surface area contributed by atoms with E-state index in [2.05, 4.69) is 15.4 Å². The van der Waals surface area contributed by atoms with Crippen LogP contribution in [0.1, 0.15) is 43.7 Å². The maximum Gasteiger partial charge on any atom is 0.434 e. The van der Waals surface area contributed by atoms with Gasteiger partial charge in [-0.3, -0.25) is 10.1 Å². The first-order valence-corrected chi connectivity index (χ1v) is 7.62. The number of alkyl halides is 3. The molecule has 0 atom stereocenters. The van der Waals surface area contributed by atoms with E-state index in [1.807, 2.05) is 0 Å². The number of Topliss-reactive ketones (excluding diaryl/α,β-unsaturated/α-hetero) is 1. The Morgan fingerprint density at radius 1 is 1.19 bits per heavy atom. The third kappa shape index (κ3) is 4.80. The topological polar surface area (TPSA) is 86.1 Å². The zero-order valence-electron chi connectivity index (χ0n) is 14.8. The number of amides is 1. The van der Waals surface area contributed by atoms with Crippen molar-refractivity contribution in [2.75, 3.05) is 5.32 Å². The van der Waals surface area contributed by atoms with Gasteiger partial charge in [0, 0.05) is 0 Å². The Kier molecular flexibility index (Phi) is 5.25. The number of aromatic nitrogens is 3.